The Morgan fingerprint density at radius 1 is 1.16 bits per heavy atom. The van der Waals surface area contributed by atoms with E-state index in [4.69, 9.17) is 4.74 Å². The van der Waals surface area contributed by atoms with Crippen molar-refractivity contribution in [3.8, 4) is 6.01 Å². The van der Waals surface area contributed by atoms with Crippen molar-refractivity contribution in [2.75, 3.05) is 20.2 Å². The Kier molecular flexibility index (Phi) is 4.87. The number of ether oxygens (including phenoxy) is 2. The first-order chi connectivity index (χ1) is 12.1. The van der Waals surface area contributed by atoms with Gasteiger partial charge in [-0.1, -0.05) is 0 Å². The van der Waals surface area contributed by atoms with E-state index in [1.165, 1.54) is 7.11 Å². The number of methoxy groups -OCH3 is 1. The van der Waals surface area contributed by atoms with Gasteiger partial charge >= 0.3 is 12.0 Å². The number of amides is 1. The fourth-order valence-electron chi connectivity index (χ4n) is 2.57. The minimum Gasteiger partial charge on any atom is -0.465 e. The van der Waals surface area contributed by atoms with Gasteiger partial charge < -0.3 is 14.4 Å². The third kappa shape index (κ3) is 3.90. The topological polar surface area (TPSA) is 81.6 Å². The molecule has 0 saturated carbocycles. The van der Waals surface area contributed by atoms with Gasteiger partial charge in [-0.2, -0.15) is 0 Å². The van der Waals surface area contributed by atoms with E-state index in [0.717, 1.165) is 12.4 Å². The lowest BCUT2D eigenvalue weighted by molar-refractivity contribution is 0.0600. The number of hydrogen-bond donors (Lipinski definition) is 0. The van der Waals surface area contributed by atoms with Crippen LogP contribution in [0.25, 0.3) is 0 Å². The molecular formula is C17H16FN3O4. The van der Waals surface area contributed by atoms with Gasteiger partial charge in [-0.3, -0.25) is 4.79 Å². The quantitative estimate of drug-likeness (QED) is 0.785. The maximum absolute atomic E-state index is 12.8. The summed E-state index contributed by atoms with van der Waals surface area (Å²) in [4.78, 5) is 33.1. The van der Waals surface area contributed by atoms with Crippen molar-refractivity contribution in [1.29, 1.82) is 0 Å². The molecule has 0 bridgehead atoms. The molecule has 1 aliphatic rings. The summed E-state index contributed by atoms with van der Waals surface area (Å²) in [6, 6.07) is 6.37. The van der Waals surface area contributed by atoms with Gasteiger partial charge in [0.1, 0.15) is 6.10 Å². The molecule has 8 heteroatoms. The molecular weight excluding hydrogens is 329 g/mol. The molecule has 1 saturated heterocycles. The highest BCUT2D eigenvalue weighted by molar-refractivity contribution is 5.96. The summed E-state index contributed by atoms with van der Waals surface area (Å²) in [6.45, 7) is 0.918. The van der Waals surface area contributed by atoms with Crippen molar-refractivity contribution >= 4 is 11.9 Å². The molecule has 0 radical (unpaired) electrons. The SMILES string of the molecule is COC(=O)c1ccc(C(=O)N2CCC(Oc3ncc(F)cn3)C2)cc1. The number of likely N-dealkylation sites (tertiary alicyclic amines) is 1. The van der Waals surface area contributed by atoms with Gasteiger partial charge in [0.2, 0.25) is 0 Å². The van der Waals surface area contributed by atoms with Crippen LogP contribution in [-0.4, -0.2) is 53.0 Å². The van der Waals surface area contributed by atoms with Crippen LogP contribution in [0.5, 0.6) is 6.01 Å². The molecule has 2 aromatic rings. The zero-order valence-electron chi connectivity index (χ0n) is 13.5. The highest BCUT2D eigenvalue weighted by Crippen LogP contribution is 2.18. The lowest BCUT2D eigenvalue weighted by Crippen LogP contribution is -2.31. The second-order valence-corrected chi connectivity index (χ2v) is 5.53. The van der Waals surface area contributed by atoms with E-state index in [9.17, 15) is 14.0 Å². The second-order valence-electron chi connectivity index (χ2n) is 5.53. The summed E-state index contributed by atoms with van der Waals surface area (Å²) in [5.74, 6) is -1.14. The second kappa shape index (κ2) is 7.25. The number of nitrogens with zero attached hydrogens (tertiary/aromatic N) is 3. The van der Waals surface area contributed by atoms with E-state index >= 15 is 0 Å². The largest absolute Gasteiger partial charge is 0.465 e. The number of halogens is 1. The molecule has 1 fully saturated rings. The summed E-state index contributed by atoms with van der Waals surface area (Å²) in [7, 11) is 1.30. The molecule has 0 N–H and O–H groups in total. The molecule has 7 nitrogen and oxygen atoms in total. The minimum atomic E-state index is -0.536. The monoisotopic (exact) mass is 345 g/mol. The molecule has 2 heterocycles. The predicted molar refractivity (Wildman–Crippen MR) is 84.7 cm³/mol. The summed E-state index contributed by atoms with van der Waals surface area (Å²) in [5.41, 5.74) is 0.862. The fourth-order valence-corrected chi connectivity index (χ4v) is 2.57. The van der Waals surface area contributed by atoms with Crippen LogP contribution in [0.3, 0.4) is 0 Å². The summed E-state index contributed by atoms with van der Waals surface area (Å²) >= 11 is 0. The Bertz CT molecular complexity index is 764. The van der Waals surface area contributed by atoms with E-state index in [1.807, 2.05) is 0 Å². The zero-order chi connectivity index (χ0) is 17.8. The molecule has 1 amide bonds. The van der Waals surface area contributed by atoms with Crippen LogP contribution in [0.1, 0.15) is 27.1 Å². The molecule has 1 aliphatic heterocycles. The Morgan fingerprint density at radius 3 is 2.44 bits per heavy atom. The standard InChI is InChI=1S/C17H16FN3O4/c1-24-16(23)12-4-2-11(3-5-12)15(22)21-7-6-14(10-21)25-17-19-8-13(18)9-20-17/h2-5,8-9,14H,6-7,10H2,1H3. The smallest absolute Gasteiger partial charge is 0.337 e. The van der Waals surface area contributed by atoms with Gasteiger partial charge in [0.25, 0.3) is 5.91 Å². The van der Waals surface area contributed by atoms with Gasteiger partial charge in [-0.25, -0.2) is 19.2 Å². The van der Waals surface area contributed by atoms with Crippen molar-refractivity contribution in [2.24, 2.45) is 0 Å². The lowest BCUT2D eigenvalue weighted by atomic mass is 10.1. The van der Waals surface area contributed by atoms with Crippen molar-refractivity contribution in [3.63, 3.8) is 0 Å². The summed E-state index contributed by atoms with van der Waals surface area (Å²) < 4.78 is 23.0. The van der Waals surface area contributed by atoms with Crippen molar-refractivity contribution in [2.45, 2.75) is 12.5 Å². The van der Waals surface area contributed by atoms with Crippen LogP contribution >= 0.6 is 0 Å². The molecule has 3 rings (SSSR count). The highest BCUT2D eigenvalue weighted by atomic mass is 19.1. The van der Waals surface area contributed by atoms with Crippen LogP contribution in [0.2, 0.25) is 0 Å². The first-order valence-electron chi connectivity index (χ1n) is 7.68. The normalized spacial score (nSPS) is 16.6. The first-order valence-corrected chi connectivity index (χ1v) is 7.68. The average molecular weight is 345 g/mol. The Balaban J connectivity index is 1.60. The van der Waals surface area contributed by atoms with E-state index < -0.39 is 11.8 Å². The molecule has 1 atom stereocenters. The lowest BCUT2D eigenvalue weighted by Gasteiger charge is -2.16. The van der Waals surface area contributed by atoms with Crippen molar-refractivity contribution in [3.05, 3.63) is 53.6 Å². The molecule has 0 aliphatic carbocycles. The maximum Gasteiger partial charge on any atom is 0.337 e. The minimum absolute atomic E-state index is 0.0862. The van der Waals surface area contributed by atoms with Crippen LogP contribution in [0.4, 0.5) is 4.39 Å². The van der Waals surface area contributed by atoms with E-state index in [2.05, 4.69) is 14.7 Å². The predicted octanol–water partition coefficient (Wildman–Crippen LogP) is 1.70. The van der Waals surface area contributed by atoms with Gasteiger partial charge in [0.15, 0.2) is 5.82 Å². The number of carbonyl (C=O) groups excluding carboxylic acids is 2. The third-order valence-electron chi connectivity index (χ3n) is 3.85. The number of aromatic nitrogens is 2. The fraction of sp³-hybridized carbons (Fsp3) is 0.294. The number of hydrogen-bond acceptors (Lipinski definition) is 6. The van der Waals surface area contributed by atoms with Crippen LogP contribution < -0.4 is 4.74 Å². The molecule has 1 unspecified atom stereocenters. The molecule has 25 heavy (non-hydrogen) atoms. The first kappa shape index (κ1) is 16.8. The number of rotatable bonds is 4. The molecule has 0 spiro atoms. The summed E-state index contributed by atoms with van der Waals surface area (Å²) in [5, 5.41) is 0. The van der Waals surface area contributed by atoms with Gasteiger partial charge in [-0.05, 0) is 24.3 Å². The zero-order valence-corrected chi connectivity index (χ0v) is 13.5. The molecule has 1 aromatic heterocycles. The maximum atomic E-state index is 12.8. The number of esters is 1. The third-order valence-corrected chi connectivity index (χ3v) is 3.85. The average Bonchev–Trinajstić information content (AvgIpc) is 3.11. The van der Waals surface area contributed by atoms with E-state index in [1.54, 1.807) is 29.2 Å². The molecule has 130 valence electrons. The Morgan fingerprint density at radius 2 is 1.80 bits per heavy atom. The van der Waals surface area contributed by atoms with Crippen molar-refractivity contribution < 1.29 is 23.5 Å². The Hall–Kier alpha value is -3.03. The molecule has 1 aromatic carbocycles. The number of carbonyl (C=O) groups is 2. The van der Waals surface area contributed by atoms with E-state index in [0.29, 0.717) is 30.6 Å². The summed E-state index contributed by atoms with van der Waals surface area (Å²) in [6.07, 6.45) is 2.45. The van der Waals surface area contributed by atoms with Gasteiger partial charge in [-0.15, -0.1) is 0 Å². The van der Waals surface area contributed by atoms with Crippen molar-refractivity contribution in [1.82, 2.24) is 14.9 Å². The Labute approximate surface area is 143 Å². The van der Waals surface area contributed by atoms with Crippen LogP contribution in [-0.2, 0) is 4.74 Å². The van der Waals surface area contributed by atoms with Gasteiger partial charge in [0.05, 0.1) is 31.6 Å². The van der Waals surface area contributed by atoms with Crippen LogP contribution in [0.15, 0.2) is 36.7 Å². The van der Waals surface area contributed by atoms with Gasteiger partial charge in [0, 0.05) is 18.5 Å². The van der Waals surface area contributed by atoms with Crippen LogP contribution in [0, 0.1) is 5.82 Å². The number of benzene rings is 1. The van der Waals surface area contributed by atoms with E-state index in [-0.39, 0.29) is 18.0 Å². The highest BCUT2D eigenvalue weighted by Gasteiger charge is 2.29.